The van der Waals surface area contributed by atoms with Crippen LogP contribution in [0.3, 0.4) is 0 Å². The average Bonchev–Trinajstić information content (AvgIpc) is 2.94. The summed E-state index contributed by atoms with van der Waals surface area (Å²) in [5.74, 6) is -0.0304. The van der Waals surface area contributed by atoms with Crippen molar-refractivity contribution in [2.24, 2.45) is 0 Å². The van der Waals surface area contributed by atoms with Gasteiger partial charge in [0.1, 0.15) is 0 Å². The van der Waals surface area contributed by atoms with E-state index in [-0.39, 0.29) is 11.9 Å². The zero-order valence-electron chi connectivity index (χ0n) is 11.8. The van der Waals surface area contributed by atoms with Gasteiger partial charge in [-0.15, -0.1) is 0 Å². The molecule has 0 unspecified atom stereocenters. The third-order valence-corrected chi connectivity index (χ3v) is 4.29. The van der Waals surface area contributed by atoms with Crippen molar-refractivity contribution in [3.05, 3.63) is 69.2 Å². The Morgan fingerprint density at radius 1 is 1.19 bits per heavy atom. The largest absolute Gasteiger partial charge is 0.346 e. The number of carbonyl (C=O) groups is 1. The number of fused-ring (bicyclic) bond motifs is 1. The number of benzene rings is 2. The molecule has 21 heavy (non-hydrogen) atoms. The van der Waals surface area contributed by atoms with Crippen LogP contribution in [-0.2, 0) is 13.1 Å². The second-order valence-electron chi connectivity index (χ2n) is 5.34. The van der Waals surface area contributed by atoms with Crippen molar-refractivity contribution in [2.75, 3.05) is 0 Å². The number of carbonyl (C=O) groups excluding carboxylic acids is 1. The van der Waals surface area contributed by atoms with Crippen LogP contribution in [0, 0.1) is 0 Å². The number of amides is 1. The van der Waals surface area contributed by atoms with E-state index in [9.17, 15) is 4.79 Å². The average molecular weight is 345 g/mol. The van der Waals surface area contributed by atoms with Gasteiger partial charge in [-0.3, -0.25) is 4.79 Å². The molecule has 1 amide bonds. The van der Waals surface area contributed by atoms with Crippen molar-refractivity contribution >= 4 is 21.8 Å². The fourth-order valence-corrected chi connectivity index (χ4v) is 2.99. The maximum Gasteiger partial charge on any atom is 0.251 e. The highest BCUT2D eigenvalue weighted by Crippen LogP contribution is 2.20. The Morgan fingerprint density at radius 2 is 2.00 bits per heavy atom. The molecule has 2 aromatic carbocycles. The lowest BCUT2D eigenvalue weighted by atomic mass is 10.0. The molecule has 3 rings (SSSR count). The summed E-state index contributed by atoms with van der Waals surface area (Å²) in [4.78, 5) is 12.4. The molecular weight excluding hydrogens is 328 g/mol. The monoisotopic (exact) mass is 344 g/mol. The van der Waals surface area contributed by atoms with Crippen molar-refractivity contribution < 1.29 is 4.79 Å². The van der Waals surface area contributed by atoms with E-state index < -0.39 is 0 Å². The first kappa shape index (κ1) is 14.3. The van der Waals surface area contributed by atoms with Gasteiger partial charge in [-0.25, -0.2) is 0 Å². The lowest BCUT2D eigenvalue weighted by molar-refractivity contribution is 0.0940. The first-order valence-electron chi connectivity index (χ1n) is 7.02. The van der Waals surface area contributed by atoms with Gasteiger partial charge >= 0.3 is 0 Å². The fraction of sp³-hybridized carbons (Fsp3) is 0.235. The van der Waals surface area contributed by atoms with Gasteiger partial charge in [-0.2, -0.15) is 0 Å². The predicted octanol–water partition coefficient (Wildman–Crippen LogP) is 3.54. The molecule has 2 aromatic rings. The standard InChI is InChI=1S/C17H17BrN2O/c1-11(12-3-2-4-16(18)8-12)20-17(21)13-5-6-14-9-19-10-15(14)7-13/h2-8,11,19H,9-10H2,1H3,(H,20,21)/t11-/m0/s1. The van der Waals surface area contributed by atoms with Crippen LogP contribution in [0.25, 0.3) is 0 Å². The quantitative estimate of drug-likeness (QED) is 0.893. The Bertz CT molecular complexity index is 684. The summed E-state index contributed by atoms with van der Waals surface area (Å²) in [6.07, 6.45) is 0. The summed E-state index contributed by atoms with van der Waals surface area (Å²) in [6, 6.07) is 13.9. The Balaban J connectivity index is 1.74. The van der Waals surface area contributed by atoms with E-state index in [0.29, 0.717) is 0 Å². The SMILES string of the molecule is C[C@H](NC(=O)c1ccc2c(c1)CNC2)c1cccc(Br)c1. The molecule has 0 bridgehead atoms. The van der Waals surface area contributed by atoms with Gasteiger partial charge in [-0.1, -0.05) is 34.1 Å². The number of hydrogen-bond acceptors (Lipinski definition) is 2. The molecule has 108 valence electrons. The minimum absolute atomic E-state index is 0.0265. The summed E-state index contributed by atoms with van der Waals surface area (Å²) in [5, 5.41) is 6.34. The zero-order chi connectivity index (χ0) is 14.8. The van der Waals surface area contributed by atoms with Crippen LogP contribution in [0.4, 0.5) is 0 Å². The molecule has 4 heteroatoms. The third kappa shape index (κ3) is 3.17. The number of rotatable bonds is 3. The minimum Gasteiger partial charge on any atom is -0.346 e. The minimum atomic E-state index is -0.0304. The molecule has 1 aliphatic rings. The lowest BCUT2D eigenvalue weighted by Gasteiger charge is -2.15. The molecule has 0 fully saturated rings. The third-order valence-electron chi connectivity index (χ3n) is 3.80. The molecule has 0 aliphatic carbocycles. The summed E-state index contributed by atoms with van der Waals surface area (Å²) in [7, 11) is 0. The summed E-state index contributed by atoms with van der Waals surface area (Å²) >= 11 is 3.46. The van der Waals surface area contributed by atoms with Crippen LogP contribution < -0.4 is 10.6 Å². The van der Waals surface area contributed by atoms with Crippen LogP contribution >= 0.6 is 15.9 Å². The normalized spacial score (nSPS) is 14.6. The van der Waals surface area contributed by atoms with Gasteiger partial charge in [0.25, 0.3) is 5.91 Å². The molecule has 1 heterocycles. The van der Waals surface area contributed by atoms with Crippen LogP contribution in [0.15, 0.2) is 46.9 Å². The highest BCUT2D eigenvalue weighted by atomic mass is 79.9. The summed E-state index contributed by atoms with van der Waals surface area (Å²) in [5.41, 5.74) is 4.31. The molecule has 0 saturated carbocycles. The van der Waals surface area contributed by atoms with Gasteiger partial charge < -0.3 is 10.6 Å². The summed E-state index contributed by atoms with van der Waals surface area (Å²) in [6.45, 7) is 3.73. The number of nitrogens with one attached hydrogen (secondary N) is 2. The first-order chi connectivity index (χ1) is 10.1. The van der Waals surface area contributed by atoms with E-state index in [1.165, 1.54) is 11.1 Å². The molecular formula is C17H17BrN2O. The molecule has 0 aromatic heterocycles. The molecule has 0 radical (unpaired) electrons. The molecule has 1 aliphatic heterocycles. The number of hydrogen-bond donors (Lipinski definition) is 2. The van der Waals surface area contributed by atoms with Crippen molar-refractivity contribution in [3.8, 4) is 0 Å². The molecule has 0 saturated heterocycles. The second kappa shape index (κ2) is 6.00. The van der Waals surface area contributed by atoms with Crippen molar-refractivity contribution in [3.63, 3.8) is 0 Å². The van der Waals surface area contributed by atoms with Gasteiger partial charge in [-0.05, 0) is 47.9 Å². The summed E-state index contributed by atoms with van der Waals surface area (Å²) < 4.78 is 1.02. The highest BCUT2D eigenvalue weighted by molar-refractivity contribution is 9.10. The van der Waals surface area contributed by atoms with Gasteiger partial charge in [0, 0.05) is 23.1 Å². The molecule has 2 N–H and O–H groups in total. The zero-order valence-corrected chi connectivity index (χ0v) is 13.4. The van der Waals surface area contributed by atoms with Gasteiger partial charge in [0.2, 0.25) is 0 Å². The molecule has 1 atom stereocenters. The van der Waals surface area contributed by atoms with Crippen LogP contribution in [0.5, 0.6) is 0 Å². The Kier molecular flexibility index (Phi) is 4.08. The smallest absolute Gasteiger partial charge is 0.251 e. The van der Waals surface area contributed by atoms with Crippen LogP contribution in [0.2, 0.25) is 0 Å². The maximum absolute atomic E-state index is 12.4. The van der Waals surface area contributed by atoms with E-state index in [2.05, 4.69) is 26.6 Å². The predicted molar refractivity (Wildman–Crippen MR) is 87.0 cm³/mol. The fourth-order valence-electron chi connectivity index (χ4n) is 2.58. The Morgan fingerprint density at radius 3 is 2.81 bits per heavy atom. The van der Waals surface area contributed by atoms with Crippen molar-refractivity contribution in [1.82, 2.24) is 10.6 Å². The maximum atomic E-state index is 12.4. The Labute approximate surface area is 132 Å². The van der Waals surface area contributed by atoms with E-state index in [1.54, 1.807) is 0 Å². The van der Waals surface area contributed by atoms with E-state index in [0.717, 1.165) is 28.7 Å². The number of halogens is 1. The van der Waals surface area contributed by atoms with E-state index in [4.69, 9.17) is 0 Å². The molecule has 3 nitrogen and oxygen atoms in total. The highest BCUT2D eigenvalue weighted by Gasteiger charge is 2.15. The van der Waals surface area contributed by atoms with Crippen molar-refractivity contribution in [1.29, 1.82) is 0 Å². The van der Waals surface area contributed by atoms with Crippen LogP contribution in [-0.4, -0.2) is 5.91 Å². The lowest BCUT2D eigenvalue weighted by Crippen LogP contribution is -2.26. The van der Waals surface area contributed by atoms with Crippen molar-refractivity contribution in [2.45, 2.75) is 26.1 Å². The van der Waals surface area contributed by atoms with Crippen LogP contribution in [0.1, 0.15) is 40.0 Å². The van der Waals surface area contributed by atoms with Gasteiger partial charge in [0.15, 0.2) is 0 Å². The van der Waals surface area contributed by atoms with E-state index >= 15 is 0 Å². The van der Waals surface area contributed by atoms with Gasteiger partial charge in [0.05, 0.1) is 6.04 Å². The first-order valence-corrected chi connectivity index (χ1v) is 7.81. The van der Waals surface area contributed by atoms with E-state index in [1.807, 2.05) is 49.4 Å². The second-order valence-corrected chi connectivity index (χ2v) is 6.25. The molecule has 0 spiro atoms. The Hall–Kier alpha value is -1.65. The topological polar surface area (TPSA) is 41.1 Å².